The lowest BCUT2D eigenvalue weighted by molar-refractivity contribution is -0.146. The summed E-state index contributed by atoms with van der Waals surface area (Å²) in [6, 6.07) is 8.45. The second-order valence-corrected chi connectivity index (χ2v) is 8.97. The van der Waals surface area contributed by atoms with E-state index in [1.165, 1.54) is 11.3 Å². The maximum absolute atomic E-state index is 13.2. The van der Waals surface area contributed by atoms with Crippen LogP contribution in [0.4, 0.5) is 5.69 Å². The number of anilines is 1. The molecule has 3 aliphatic heterocycles. The van der Waals surface area contributed by atoms with Gasteiger partial charge in [-0.25, -0.2) is 0 Å². The molecule has 2 amide bonds. The normalized spacial score (nSPS) is 21.5. The molecule has 3 heterocycles. The topological polar surface area (TPSA) is 43.9 Å². The van der Waals surface area contributed by atoms with Crippen LogP contribution in [0.2, 0.25) is 0 Å². The van der Waals surface area contributed by atoms with Gasteiger partial charge in [0, 0.05) is 44.8 Å². The third kappa shape index (κ3) is 3.76. The number of carbonyl (C=O) groups excluding carboxylic acids is 2. The fraction of sp³-hybridized carbons (Fsp3) is 0.652. The van der Waals surface area contributed by atoms with Gasteiger partial charge in [0.25, 0.3) is 0 Å². The first-order valence-corrected chi connectivity index (χ1v) is 11.0. The molecule has 5 nitrogen and oxygen atoms in total. The van der Waals surface area contributed by atoms with Crippen molar-refractivity contribution < 1.29 is 9.59 Å². The molecule has 0 N–H and O–H groups in total. The maximum atomic E-state index is 13.2. The Bertz CT molecular complexity index is 724. The van der Waals surface area contributed by atoms with Gasteiger partial charge in [-0.2, -0.15) is 0 Å². The zero-order chi connectivity index (χ0) is 19.7. The molecule has 2 fully saturated rings. The van der Waals surface area contributed by atoms with Gasteiger partial charge in [0.05, 0.1) is 0 Å². The molecule has 5 heteroatoms. The number of hydrogen-bond donors (Lipinski definition) is 0. The maximum Gasteiger partial charge on any atom is 0.245 e. The van der Waals surface area contributed by atoms with Crippen LogP contribution >= 0.6 is 0 Å². The molecule has 0 bridgehead atoms. The monoisotopic (exact) mass is 383 g/mol. The average molecular weight is 384 g/mol. The van der Waals surface area contributed by atoms with Crippen LogP contribution in [-0.2, 0) is 16.0 Å². The molecule has 0 radical (unpaired) electrons. The van der Waals surface area contributed by atoms with E-state index >= 15 is 0 Å². The highest BCUT2D eigenvalue weighted by Gasteiger charge is 2.38. The third-order valence-electron chi connectivity index (χ3n) is 6.72. The van der Waals surface area contributed by atoms with E-state index in [9.17, 15) is 9.59 Å². The van der Waals surface area contributed by atoms with Crippen LogP contribution < -0.4 is 4.90 Å². The fourth-order valence-corrected chi connectivity index (χ4v) is 5.17. The van der Waals surface area contributed by atoms with Gasteiger partial charge >= 0.3 is 0 Å². The van der Waals surface area contributed by atoms with Gasteiger partial charge < -0.3 is 14.7 Å². The molecule has 1 atom stereocenters. The van der Waals surface area contributed by atoms with E-state index in [1.807, 2.05) is 9.80 Å². The number of fused-ring (bicyclic) bond motifs is 1. The zero-order valence-electron chi connectivity index (χ0n) is 17.3. The first kappa shape index (κ1) is 19.3. The van der Waals surface area contributed by atoms with Crippen molar-refractivity contribution in [3.05, 3.63) is 29.8 Å². The van der Waals surface area contributed by atoms with Crippen LogP contribution in [0.15, 0.2) is 24.3 Å². The number of rotatable bonds is 5. The van der Waals surface area contributed by atoms with Gasteiger partial charge in [0.1, 0.15) is 6.04 Å². The van der Waals surface area contributed by atoms with Crippen molar-refractivity contribution in [3.63, 3.8) is 0 Å². The summed E-state index contributed by atoms with van der Waals surface area (Å²) in [7, 11) is 0. The van der Waals surface area contributed by atoms with Crippen molar-refractivity contribution in [3.8, 4) is 0 Å². The molecule has 1 aromatic rings. The van der Waals surface area contributed by atoms with Crippen LogP contribution in [0.1, 0.15) is 45.1 Å². The molecule has 2 saturated heterocycles. The molecule has 3 aliphatic rings. The van der Waals surface area contributed by atoms with Crippen LogP contribution in [0, 0.1) is 11.8 Å². The van der Waals surface area contributed by atoms with Gasteiger partial charge in [-0.3, -0.25) is 9.59 Å². The number of benzene rings is 1. The second-order valence-electron chi connectivity index (χ2n) is 8.97. The Morgan fingerprint density at radius 2 is 1.82 bits per heavy atom. The van der Waals surface area contributed by atoms with Gasteiger partial charge in [0.15, 0.2) is 0 Å². The number of hydrogen-bond acceptors (Lipinski definition) is 3. The van der Waals surface area contributed by atoms with Crippen molar-refractivity contribution in [2.45, 2.75) is 52.0 Å². The highest BCUT2D eigenvalue weighted by atomic mass is 16.2. The van der Waals surface area contributed by atoms with E-state index in [0.29, 0.717) is 12.3 Å². The summed E-state index contributed by atoms with van der Waals surface area (Å²) in [5.41, 5.74) is 2.86. The minimum atomic E-state index is -0.281. The molecule has 0 aliphatic carbocycles. The molecule has 152 valence electrons. The Kier molecular flexibility index (Phi) is 5.61. The standard InChI is InChI=1S/C23H33N3O2/c1-17(2)22(26-12-5-8-21(26)27)23(28)24-13-9-18(10-14-24)16-25-15-11-19-6-3-4-7-20(19)25/h3-4,6-7,17-18,22H,5,8-16H2,1-2H3/t22-/m1/s1. The predicted octanol–water partition coefficient (Wildman–Crippen LogP) is 2.93. The summed E-state index contributed by atoms with van der Waals surface area (Å²) in [4.78, 5) is 31.8. The van der Waals surface area contributed by atoms with Crippen LogP contribution in [-0.4, -0.2) is 60.4 Å². The van der Waals surface area contributed by atoms with Crippen molar-refractivity contribution in [1.29, 1.82) is 0 Å². The minimum absolute atomic E-state index is 0.148. The van der Waals surface area contributed by atoms with Crippen LogP contribution in [0.5, 0.6) is 0 Å². The fourth-order valence-electron chi connectivity index (χ4n) is 5.17. The summed E-state index contributed by atoms with van der Waals surface area (Å²) >= 11 is 0. The van der Waals surface area contributed by atoms with Crippen molar-refractivity contribution in [1.82, 2.24) is 9.80 Å². The van der Waals surface area contributed by atoms with E-state index in [1.54, 1.807) is 0 Å². The summed E-state index contributed by atoms with van der Waals surface area (Å²) in [6.07, 6.45) is 4.74. The molecule has 28 heavy (non-hydrogen) atoms. The van der Waals surface area contributed by atoms with E-state index in [0.717, 1.165) is 58.4 Å². The van der Waals surface area contributed by atoms with Gasteiger partial charge in [-0.1, -0.05) is 32.0 Å². The molecule has 1 aromatic carbocycles. The Labute approximate surface area is 168 Å². The predicted molar refractivity (Wildman–Crippen MR) is 111 cm³/mol. The lowest BCUT2D eigenvalue weighted by Crippen LogP contribution is -2.53. The first-order chi connectivity index (χ1) is 13.5. The minimum Gasteiger partial charge on any atom is -0.371 e. The van der Waals surface area contributed by atoms with Gasteiger partial charge in [-0.15, -0.1) is 0 Å². The number of likely N-dealkylation sites (tertiary alicyclic amines) is 2. The number of piperidine rings is 1. The van der Waals surface area contributed by atoms with E-state index in [-0.39, 0.29) is 23.8 Å². The van der Waals surface area contributed by atoms with E-state index < -0.39 is 0 Å². The second kappa shape index (κ2) is 8.14. The summed E-state index contributed by atoms with van der Waals surface area (Å²) in [5.74, 6) is 1.11. The molecular weight excluding hydrogens is 350 g/mol. The van der Waals surface area contributed by atoms with E-state index in [2.05, 4.69) is 43.0 Å². The molecular formula is C23H33N3O2. The van der Waals surface area contributed by atoms with Crippen molar-refractivity contribution in [2.24, 2.45) is 11.8 Å². The largest absolute Gasteiger partial charge is 0.371 e. The van der Waals surface area contributed by atoms with Gasteiger partial charge in [-0.05, 0) is 49.1 Å². The summed E-state index contributed by atoms with van der Waals surface area (Å²) < 4.78 is 0. The van der Waals surface area contributed by atoms with Crippen molar-refractivity contribution in [2.75, 3.05) is 37.6 Å². The smallest absolute Gasteiger partial charge is 0.245 e. The highest BCUT2D eigenvalue weighted by Crippen LogP contribution is 2.30. The summed E-state index contributed by atoms with van der Waals surface area (Å²) in [6.45, 7) is 8.71. The van der Waals surface area contributed by atoms with Crippen LogP contribution in [0.25, 0.3) is 0 Å². The molecule has 0 aromatic heterocycles. The molecule has 0 saturated carbocycles. The van der Waals surface area contributed by atoms with Crippen molar-refractivity contribution >= 4 is 17.5 Å². The molecule has 4 rings (SSSR count). The number of nitrogens with zero attached hydrogens (tertiary/aromatic N) is 3. The number of carbonyl (C=O) groups is 2. The Balaban J connectivity index is 1.33. The number of amides is 2. The van der Waals surface area contributed by atoms with E-state index in [4.69, 9.17) is 0 Å². The van der Waals surface area contributed by atoms with Crippen LogP contribution in [0.3, 0.4) is 0 Å². The Morgan fingerprint density at radius 3 is 2.50 bits per heavy atom. The SMILES string of the molecule is CC(C)[C@H](C(=O)N1CCC(CN2CCc3ccccc32)CC1)N1CCCC1=O. The zero-order valence-corrected chi connectivity index (χ0v) is 17.3. The Hall–Kier alpha value is -2.04. The highest BCUT2D eigenvalue weighted by molar-refractivity contribution is 5.89. The molecule has 0 unspecified atom stereocenters. The quantitative estimate of drug-likeness (QED) is 0.785. The average Bonchev–Trinajstić information content (AvgIpc) is 3.29. The lowest BCUT2D eigenvalue weighted by atomic mass is 9.94. The summed E-state index contributed by atoms with van der Waals surface area (Å²) in [5, 5.41) is 0. The lowest BCUT2D eigenvalue weighted by Gasteiger charge is -2.39. The van der Waals surface area contributed by atoms with Gasteiger partial charge in [0.2, 0.25) is 11.8 Å². The Morgan fingerprint density at radius 1 is 1.07 bits per heavy atom. The molecule has 0 spiro atoms. The number of para-hydroxylation sites is 1. The first-order valence-electron chi connectivity index (χ1n) is 11.0. The third-order valence-corrected chi connectivity index (χ3v) is 6.72.